The molecule has 0 atom stereocenters. The summed E-state index contributed by atoms with van der Waals surface area (Å²) in [5, 5.41) is 0. The molecule has 0 radical (unpaired) electrons. The second-order valence-corrected chi connectivity index (χ2v) is 5.71. The molecular weight excluding hydrogens is 354 g/mol. The molecule has 0 unspecified atom stereocenters. The molecule has 7 heteroatoms. The summed E-state index contributed by atoms with van der Waals surface area (Å²) in [7, 11) is 0. The summed E-state index contributed by atoms with van der Waals surface area (Å²) < 4.78 is 37.9. The van der Waals surface area contributed by atoms with E-state index in [1.54, 1.807) is 36.5 Å². The van der Waals surface area contributed by atoms with Gasteiger partial charge < -0.3 is 15.2 Å². The molecule has 3 aromatic rings. The van der Waals surface area contributed by atoms with E-state index in [2.05, 4.69) is 4.98 Å². The fourth-order valence-corrected chi connectivity index (χ4v) is 2.43. The maximum Gasteiger partial charge on any atom is 0.308 e. The Morgan fingerprint density at radius 2 is 1.74 bits per heavy atom. The number of nitrogens with zero attached hydrogens (tertiary/aromatic N) is 1. The number of carbonyl (C=O) groups excluding carboxylic acids is 1. The number of nitrogens with two attached hydrogens (primary N) is 1. The lowest BCUT2D eigenvalue weighted by molar-refractivity contribution is -0.131. The van der Waals surface area contributed by atoms with Crippen LogP contribution in [0.25, 0.3) is 11.1 Å². The molecule has 2 aromatic carbocycles. The summed E-state index contributed by atoms with van der Waals surface area (Å²) in [6, 6.07) is 12.0. The van der Waals surface area contributed by atoms with Gasteiger partial charge in [-0.1, -0.05) is 18.2 Å². The first-order chi connectivity index (χ1) is 12.9. The molecule has 1 aromatic heterocycles. The zero-order valence-corrected chi connectivity index (χ0v) is 14.4. The van der Waals surface area contributed by atoms with Crippen LogP contribution in [0.3, 0.4) is 0 Å². The van der Waals surface area contributed by atoms with Crippen molar-refractivity contribution in [2.75, 3.05) is 5.73 Å². The number of ether oxygens (including phenoxy) is 2. The molecule has 27 heavy (non-hydrogen) atoms. The highest BCUT2D eigenvalue weighted by Gasteiger charge is 2.12. The number of rotatable bonds is 5. The van der Waals surface area contributed by atoms with Crippen LogP contribution >= 0.6 is 0 Å². The number of anilines is 1. The van der Waals surface area contributed by atoms with E-state index in [1.165, 1.54) is 13.0 Å². The predicted molar refractivity (Wildman–Crippen MR) is 96.1 cm³/mol. The van der Waals surface area contributed by atoms with Gasteiger partial charge in [0, 0.05) is 18.7 Å². The van der Waals surface area contributed by atoms with Gasteiger partial charge in [0.2, 0.25) is 0 Å². The minimum atomic E-state index is -0.696. The third kappa shape index (κ3) is 4.38. The van der Waals surface area contributed by atoms with E-state index in [1.807, 2.05) is 0 Å². The summed E-state index contributed by atoms with van der Waals surface area (Å²) in [5.74, 6) is -1.07. The highest BCUT2D eigenvalue weighted by atomic mass is 19.1. The summed E-state index contributed by atoms with van der Waals surface area (Å²) in [6.07, 6.45) is 1.55. The van der Waals surface area contributed by atoms with Crippen LogP contribution in [0.15, 0.2) is 54.7 Å². The number of aromatic nitrogens is 1. The van der Waals surface area contributed by atoms with Gasteiger partial charge in [0.15, 0.2) is 11.6 Å². The topological polar surface area (TPSA) is 74.4 Å². The van der Waals surface area contributed by atoms with Crippen molar-refractivity contribution in [1.29, 1.82) is 0 Å². The first-order valence-electron chi connectivity index (χ1n) is 8.04. The number of hydrogen-bond donors (Lipinski definition) is 1. The van der Waals surface area contributed by atoms with Crippen molar-refractivity contribution in [1.82, 2.24) is 4.98 Å². The monoisotopic (exact) mass is 370 g/mol. The second kappa shape index (κ2) is 7.82. The zero-order chi connectivity index (χ0) is 19.4. The molecule has 0 bridgehead atoms. The Hall–Kier alpha value is -3.48. The molecule has 0 aliphatic rings. The molecule has 0 fully saturated rings. The summed E-state index contributed by atoms with van der Waals surface area (Å²) in [4.78, 5) is 15.0. The molecular formula is C20H16F2N2O3. The van der Waals surface area contributed by atoms with Gasteiger partial charge in [-0.15, -0.1) is 0 Å². The molecule has 1 heterocycles. The molecule has 0 amide bonds. The Balaban J connectivity index is 1.81. The van der Waals surface area contributed by atoms with E-state index < -0.39 is 17.6 Å². The molecule has 0 spiro atoms. The summed E-state index contributed by atoms with van der Waals surface area (Å²) in [6.45, 7) is 0.999. The lowest BCUT2D eigenvalue weighted by Crippen LogP contribution is -2.04. The number of carbonyl (C=O) groups is 1. The normalized spacial score (nSPS) is 10.5. The van der Waals surface area contributed by atoms with Crippen molar-refractivity contribution in [3.8, 4) is 22.6 Å². The molecule has 0 saturated carbocycles. The van der Waals surface area contributed by atoms with Gasteiger partial charge in [0.05, 0.1) is 5.56 Å². The Bertz CT molecular complexity index is 955. The van der Waals surface area contributed by atoms with Gasteiger partial charge in [0.1, 0.15) is 24.0 Å². The largest absolute Gasteiger partial charge is 0.485 e. The Morgan fingerprint density at radius 1 is 1.07 bits per heavy atom. The van der Waals surface area contributed by atoms with Gasteiger partial charge in [0.25, 0.3) is 0 Å². The molecule has 0 aliphatic carbocycles. The first-order valence-corrected chi connectivity index (χ1v) is 8.04. The molecule has 0 saturated heterocycles. The number of halogens is 2. The van der Waals surface area contributed by atoms with Crippen LogP contribution in [0.2, 0.25) is 0 Å². The molecule has 0 aliphatic heterocycles. The van der Waals surface area contributed by atoms with E-state index in [-0.39, 0.29) is 23.7 Å². The summed E-state index contributed by atoms with van der Waals surface area (Å²) in [5.41, 5.74) is 7.08. The van der Waals surface area contributed by atoms with Crippen molar-refractivity contribution in [2.24, 2.45) is 0 Å². The minimum absolute atomic E-state index is 0.104. The van der Waals surface area contributed by atoms with Crippen LogP contribution in [0, 0.1) is 11.6 Å². The van der Waals surface area contributed by atoms with E-state index in [0.717, 1.165) is 17.7 Å². The third-order valence-corrected chi connectivity index (χ3v) is 3.76. The Morgan fingerprint density at radius 3 is 2.37 bits per heavy atom. The average molecular weight is 370 g/mol. The number of benzene rings is 2. The second-order valence-electron chi connectivity index (χ2n) is 5.71. The van der Waals surface area contributed by atoms with E-state index in [4.69, 9.17) is 15.2 Å². The summed E-state index contributed by atoms with van der Waals surface area (Å²) >= 11 is 0. The molecule has 2 N–H and O–H groups in total. The van der Waals surface area contributed by atoms with Gasteiger partial charge in [-0.05, 0) is 35.9 Å². The van der Waals surface area contributed by atoms with Crippen LogP contribution in [0.1, 0.15) is 12.5 Å². The minimum Gasteiger partial charge on any atom is -0.485 e. The van der Waals surface area contributed by atoms with E-state index in [0.29, 0.717) is 11.3 Å². The highest BCUT2D eigenvalue weighted by Crippen LogP contribution is 2.29. The smallest absolute Gasteiger partial charge is 0.308 e. The van der Waals surface area contributed by atoms with Gasteiger partial charge in [-0.2, -0.15) is 0 Å². The first kappa shape index (κ1) is 18.3. The van der Waals surface area contributed by atoms with Crippen molar-refractivity contribution in [3.05, 3.63) is 71.9 Å². The van der Waals surface area contributed by atoms with Crippen molar-refractivity contribution < 1.29 is 23.0 Å². The Labute approximate surface area is 154 Å². The molecule has 3 rings (SSSR count). The van der Waals surface area contributed by atoms with Crippen LogP contribution < -0.4 is 15.2 Å². The molecule has 138 valence electrons. The molecule has 5 nitrogen and oxygen atoms in total. The van der Waals surface area contributed by atoms with Crippen molar-refractivity contribution in [2.45, 2.75) is 13.5 Å². The lowest BCUT2D eigenvalue weighted by atomic mass is 10.1. The quantitative estimate of drug-likeness (QED) is 0.540. The van der Waals surface area contributed by atoms with Crippen LogP contribution in [-0.2, 0) is 11.4 Å². The number of pyridine rings is 1. The number of esters is 1. The Kier molecular flexibility index (Phi) is 5.30. The maximum atomic E-state index is 13.7. The highest BCUT2D eigenvalue weighted by molar-refractivity contribution is 5.71. The van der Waals surface area contributed by atoms with Crippen LogP contribution in [0.5, 0.6) is 11.5 Å². The average Bonchev–Trinajstić information content (AvgIpc) is 2.63. The fourth-order valence-electron chi connectivity index (χ4n) is 2.43. The van der Waals surface area contributed by atoms with E-state index >= 15 is 0 Å². The van der Waals surface area contributed by atoms with Crippen molar-refractivity contribution in [3.63, 3.8) is 0 Å². The third-order valence-electron chi connectivity index (χ3n) is 3.76. The van der Waals surface area contributed by atoms with E-state index in [9.17, 15) is 13.6 Å². The lowest BCUT2D eigenvalue weighted by Gasteiger charge is -2.11. The SMILES string of the molecule is CC(=O)Oc1ccc(-c2cnc(N)c(OCc3c(F)cccc3F)c2)cc1. The van der Waals surface area contributed by atoms with Gasteiger partial charge in [-0.3, -0.25) is 4.79 Å². The standard InChI is InChI=1S/C20H16F2N2O3/c1-12(25)27-15-7-5-13(6-8-15)14-9-19(20(23)24-10-14)26-11-16-17(21)3-2-4-18(16)22/h2-10H,11H2,1H3,(H2,23,24). The fraction of sp³-hybridized carbons (Fsp3) is 0.100. The number of nitrogen functional groups attached to an aromatic ring is 1. The van der Waals surface area contributed by atoms with Gasteiger partial charge in [-0.25, -0.2) is 13.8 Å². The van der Waals surface area contributed by atoms with Crippen molar-refractivity contribution >= 4 is 11.8 Å². The zero-order valence-electron chi connectivity index (χ0n) is 14.4. The predicted octanol–water partition coefficient (Wildman–Crippen LogP) is 4.11. The van der Waals surface area contributed by atoms with Gasteiger partial charge >= 0.3 is 5.97 Å². The maximum absolute atomic E-state index is 13.7. The van der Waals surface area contributed by atoms with Crippen LogP contribution in [-0.4, -0.2) is 11.0 Å². The van der Waals surface area contributed by atoms with Crippen LogP contribution in [0.4, 0.5) is 14.6 Å². The number of hydrogen-bond acceptors (Lipinski definition) is 5.